The molecular formula is C21H42F2. The van der Waals surface area contributed by atoms with Gasteiger partial charge in [-0.05, 0) is 54.8 Å². The number of hydrogen-bond acceptors (Lipinski definition) is 0. The quantitative estimate of drug-likeness (QED) is 0.479. The average molecular weight is 333 g/mol. The molecule has 0 aromatic rings. The molecule has 0 aromatic heterocycles. The molecule has 2 atom stereocenters. The summed E-state index contributed by atoms with van der Waals surface area (Å²) in [6.07, 6.45) is 5.71. The minimum Gasteiger partial charge on any atom is -0.207 e. The number of rotatable bonds is 5. The molecule has 23 heavy (non-hydrogen) atoms. The van der Waals surface area contributed by atoms with Gasteiger partial charge in [-0.25, -0.2) is 8.78 Å². The Morgan fingerprint density at radius 1 is 0.957 bits per heavy atom. The minimum atomic E-state index is -2.36. The topological polar surface area (TPSA) is 0 Å². The van der Waals surface area contributed by atoms with Gasteiger partial charge in [-0.2, -0.15) is 0 Å². The molecule has 0 bridgehead atoms. The molecule has 0 aromatic carbocycles. The summed E-state index contributed by atoms with van der Waals surface area (Å²) in [5.41, 5.74) is 0.516. The Hall–Kier alpha value is -0.140. The zero-order chi connectivity index (χ0) is 18.3. The lowest BCUT2D eigenvalue weighted by Crippen LogP contribution is -2.26. The largest absolute Gasteiger partial charge is 0.248 e. The van der Waals surface area contributed by atoms with Crippen molar-refractivity contribution < 1.29 is 8.78 Å². The van der Waals surface area contributed by atoms with Crippen molar-refractivity contribution in [1.82, 2.24) is 0 Å². The third-order valence-corrected chi connectivity index (χ3v) is 5.67. The highest BCUT2D eigenvalue weighted by molar-refractivity contribution is 4.78. The maximum atomic E-state index is 12.6. The number of hydrogen-bond donors (Lipinski definition) is 0. The van der Waals surface area contributed by atoms with Gasteiger partial charge in [0.05, 0.1) is 0 Å². The molecule has 1 fully saturated rings. The van der Waals surface area contributed by atoms with Crippen LogP contribution in [0.4, 0.5) is 8.78 Å². The molecule has 2 heteroatoms. The van der Waals surface area contributed by atoms with Gasteiger partial charge in [0.15, 0.2) is 0 Å². The van der Waals surface area contributed by atoms with Gasteiger partial charge in [-0.1, -0.05) is 61.8 Å². The summed E-state index contributed by atoms with van der Waals surface area (Å²) >= 11 is 0. The van der Waals surface area contributed by atoms with Crippen LogP contribution in [0.5, 0.6) is 0 Å². The van der Waals surface area contributed by atoms with E-state index in [1.807, 2.05) is 0 Å². The van der Waals surface area contributed by atoms with Crippen molar-refractivity contribution in [2.45, 2.75) is 106 Å². The van der Waals surface area contributed by atoms with Crippen LogP contribution in [0.1, 0.15) is 100 Å². The van der Waals surface area contributed by atoms with E-state index in [0.29, 0.717) is 30.1 Å². The summed E-state index contributed by atoms with van der Waals surface area (Å²) in [6.45, 7) is 18.3. The fraction of sp³-hybridized carbons (Fsp3) is 1.00. The van der Waals surface area contributed by atoms with Gasteiger partial charge in [-0.15, -0.1) is 0 Å². The lowest BCUT2D eigenvalue weighted by molar-refractivity contribution is -0.0504. The molecule has 0 radical (unpaired) electrons. The second kappa shape index (κ2) is 9.99. The average Bonchev–Trinajstić information content (AvgIpc) is 2.43. The molecule has 0 nitrogen and oxygen atoms in total. The summed E-state index contributed by atoms with van der Waals surface area (Å²) < 4.78 is 25.3. The van der Waals surface area contributed by atoms with Crippen LogP contribution in [0.25, 0.3) is 0 Å². The molecule has 140 valence electrons. The van der Waals surface area contributed by atoms with Crippen LogP contribution in [-0.4, -0.2) is 5.92 Å². The van der Waals surface area contributed by atoms with Crippen molar-refractivity contribution >= 4 is 0 Å². The first-order valence-electron chi connectivity index (χ1n) is 9.75. The molecule has 1 rings (SSSR count). The fourth-order valence-corrected chi connectivity index (χ4v) is 3.08. The Morgan fingerprint density at radius 3 is 1.78 bits per heavy atom. The predicted octanol–water partition coefficient (Wildman–Crippen LogP) is 7.96. The Bertz CT molecular complexity index is 291. The first-order chi connectivity index (χ1) is 10.4. The van der Waals surface area contributed by atoms with Gasteiger partial charge < -0.3 is 0 Å². The van der Waals surface area contributed by atoms with Crippen molar-refractivity contribution in [2.24, 2.45) is 29.1 Å². The van der Waals surface area contributed by atoms with E-state index in [4.69, 9.17) is 0 Å². The smallest absolute Gasteiger partial charge is 0.207 e. The second-order valence-electron chi connectivity index (χ2n) is 9.40. The van der Waals surface area contributed by atoms with Crippen molar-refractivity contribution in [3.63, 3.8) is 0 Å². The molecule has 1 saturated carbocycles. The first kappa shape index (κ1) is 22.9. The van der Waals surface area contributed by atoms with Crippen LogP contribution in [0.15, 0.2) is 0 Å². The van der Waals surface area contributed by atoms with Gasteiger partial charge in [-0.3, -0.25) is 0 Å². The highest BCUT2D eigenvalue weighted by atomic mass is 19.3. The first-order valence-corrected chi connectivity index (χ1v) is 9.75. The summed E-state index contributed by atoms with van der Waals surface area (Å²) in [7, 11) is 0. The van der Waals surface area contributed by atoms with E-state index in [1.54, 1.807) is 0 Å². The monoisotopic (exact) mass is 332 g/mol. The summed E-state index contributed by atoms with van der Waals surface area (Å²) in [6, 6.07) is 0. The Balaban J connectivity index is 0.000000422. The molecule has 0 aliphatic heterocycles. The van der Waals surface area contributed by atoms with E-state index in [9.17, 15) is 8.78 Å². The second-order valence-corrected chi connectivity index (χ2v) is 9.40. The van der Waals surface area contributed by atoms with Crippen LogP contribution >= 0.6 is 0 Å². The van der Waals surface area contributed by atoms with Gasteiger partial charge in [0.2, 0.25) is 5.92 Å². The summed E-state index contributed by atoms with van der Waals surface area (Å²) in [5, 5.41) is 0. The van der Waals surface area contributed by atoms with Crippen LogP contribution in [0.3, 0.4) is 0 Å². The summed E-state index contributed by atoms with van der Waals surface area (Å²) in [5.74, 6) is 0.549. The zero-order valence-corrected chi connectivity index (χ0v) is 17.0. The highest BCUT2D eigenvalue weighted by Crippen LogP contribution is 2.38. The van der Waals surface area contributed by atoms with Crippen LogP contribution in [0, 0.1) is 29.1 Å². The molecule has 0 spiro atoms. The van der Waals surface area contributed by atoms with E-state index in [0.717, 1.165) is 11.8 Å². The molecule has 1 aliphatic carbocycles. The van der Waals surface area contributed by atoms with E-state index in [2.05, 4.69) is 55.4 Å². The molecule has 1 aliphatic rings. The van der Waals surface area contributed by atoms with Gasteiger partial charge in [0.1, 0.15) is 0 Å². The van der Waals surface area contributed by atoms with E-state index >= 15 is 0 Å². The van der Waals surface area contributed by atoms with E-state index in [1.165, 1.54) is 19.3 Å². The SMILES string of the molecule is CC(C)C1CCC(F)(F)CC1.CCC(C)C(C)CCC(C)(C)C. The van der Waals surface area contributed by atoms with Crippen LogP contribution < -0.4 is 0 Å². The molecular weight excluding hydrogens is 290 g/mol. The molecule has 0 N–H and O–H groups in total. The highest BCUT2D eigenvalue weighted by Gasteiger charge is 2.35. The van der Waals surface area contributed by atoms with Gasteiger partial charge >= 0.3 is 0 Å². The Labute approximate surface area is 144 Å². The molecule has 2 unspecified atom stereocenters. The third kappa shape index (κ3) is 11.1. The van der Waals surface area contributed by atoms with Crippen LogP contribution in [-0.2, 0) is 0 Å². The fourth-order valence-electron chi connectivity index (χ4n) is 3.08. The Kier molecular flexibility index (Phi) is 9.93. The molecule has 0 heterocycles. The lowest BCUT2D eigenvalue weighted by Gasteiger charge is -2.30. The van der Waals surface area contributed by atoms with E-state index < -0.39 is 5.92 Å². The van der Waals surface area contributed by atoms with Crippen molar-refractivity contribution in [2.75, 3.05) is 0 Å². The van der Waals surface area contributed by atoms with Gasteiger partial charge in [0, 0.05) is 12.8 Å². The van der Waals surface area contributed by atoms with Crippen LogP contribution in [0.2, 0.25) is 0 Å². The van der Waals surface area contributed by atoms with Crippen molar-refractivity contribution in [3.8, 4) is 0 Å². The maximum absolute atomic E-state index is 12.6. The summed E-state index contributed by atoms with van der Waals surface area (Å²) in [4.78, 5) is 0. The normalized spacial score (nSPS) is 21.5. The third-order valence-electron chi connectivity index (χ3n) is 5.67. The Morgan fingerprint density at radius 2 is 1.43 bits per heavy atom. The minimum absolute atomic E-state index is 0.107. The van der Waals surface area contributed by atoms with Crippen molar-refractivity contribution in [3.05, 3.63) is 0 Å². The number of alkyl halides is 2. The molecule has 0 saturated heterocycles. The van der Waals surface area contributed by atoms with Gasteiger partial charge in [0.25, 0.3) is 0 Å². The molecule has 0 amide bonds. The lowest BCUT2D eigenvalue weighted by atomic mass is 9.80. The predicted molar refractivity (Wildman–Crippen MR) is 99.1 cm³/mol. The number of halogens is 2. The van der Waals surface area contributed by atoms with E-state index in [-0.39, 0.29) is 12.8 Å². The standard InChI is InChI=1S/C12H26.C9H16F2/c1-7-10(2)11(3)8-9-12(4,5)6;1-7(2)8-3-5-9(10,11)6-4-8/h10-11H,7-9H2,1-6H3;7-8H,3-6H2,1-2H3. The van der Waals surface area contributed by atoms with Crippen molar-refractivity contribution in [1.29, 1.82) is 0 Å². The maximum Gasteiger partial charge on any atom is 0.248 e. The zero-order valence-electron chi connectivity index (χ0n) is 17.0.